The summed E-state index contributed by atoms with van der Waals surface area (Å²) in [6.45, 7) is 2.18. The first-order chi connectivity index (χ1) is 8.71. The largest absolute Gasteiger partial charge is 0.370 e. The molecule has 0 radical (unpaired) electrons. The quantitative estimate of drug-likeness (QED) is 0.382. The summed E-state index contributed by atoms with van der Waals surface area (Å²) in [7, 11) is -4.29. The molecule has 1 aromatic rings. The van der Waals surface area contributed by atoms with Crippen LogP contribution >= 0.6 is 0 Å². The van der Waals surface area contributed by atoms with E-state index in [9.17, 15) is 23.1 Å². The molecule has 0 amide bonds. The smallest absolute Gasteiger partial charge is 0.272 e. The van der Waals surface area contributed by atoms with Crippen LogP contribution in [0, 0.1) is 10.1 Å². The van der Waals surface area contributed by atoms with Gasteiger partial charge in [-0.15, -0.1) is 0 Å². The number of benzene rings is 1. The van der Waals surface area contributed by atoms with Crippen molar-refractivity contribution in [2.75, 3.05) is 6.61 Å². The van der Waals surface area contributed by atoms with Gasteiger partial charge in [0.05, 0.1) is 17.1 Å². The Hall–Kier alpha value is -1.51. The third-order valence-corrected chi connectivity index (χ3v) is 4.25. The van der Waals surface area contributed by atoms with Gasteiger partial charge < -0.3 is 4.74 Å². The highest BCUT2D eigenvalue weighted by molar-refractivity contribution is 7.86. The molecule has 1 aliphatic rings. The Bertz CT molecular complexity index is 590. The van der Waals surface area contributed by atoms with Crippen molar-refractivity contribution in [1.29, 1.82) is 0 Å². The number of epoxide rings is 1. The number of rotatable bonds is 5. The SMILES string of the molecule is CC1(CC(c2ccc([N+](=O)[O-])cc2)S(=O)(=O)O)CO1. The van der Waals surface area contributed by atoms with Gasteiger partial charge in [-0.1, -0.05) is 12.1 Å². The van der Waals surface area contributed by atoms with E-state index in [1.807, 2.05) is 0 Å². The number of ether oxygens (including phenoxy) is 1. The van der Waals surface area contributed by atoms with Gasteiger partial charge in [-0.3, -0.25) is 14.7 Å². The average molecular weight is 287 g/mol. The summed E-state index contributed by atoms with van der Waals surface area (Å²) in [4.78, 5) is 9.96. The van der Waals surface area contributed by atoms with Crippen molar-refractivity contribution in [3.63, 3.8) is 0 Å². The molecule has 0 aliphatic carbocycles. The average Bonchev–Trinajstić information content (AvgIpc) is 3.03. The number of nitro benzene ring substituents is 1. The van der Waals surface area contributed by atoms with Gasteiger partial charge in [-0.2, -0.15) is 8.42 Å². The summed E-state index contributed by atoms with van der Waals surface area (Å²) in [5.74, 6) is 0. The number of non-ortho nitro benzene ring substituents is 1. The number of hydrogen-bond acceptors (Lipinski definition) is 5. The molecule has 8 heteroatoms. The first-order valence-electron chi connectivity index (χ1n) is 5.56. The molecule has 1 fully saturated rings. The predicted octanol–water partition coefficient (Wildman–Crippen LogP) is 1.70. The van der Waals surface area contributed by atoms with E-state index in [0.717, 1.165) is 0 Å². The van der Waals surface area contributed by atoms with Gasteiger partial charge >= 0.3 is 0 Å². The van der Waals surface area contributed by atoms with Gasteiger partial charge in [0.25, 0.3) is 15.8 Å². The maximum Gasteiger partial charge on any atom is 0.272 e. The molecule has 1 saturated heterocycles. The summed E-state index contributed by atoms with van der Waals surface area (Å²) < 4.78 is 37.2. The highest BCUT2D eigenvalue weighted by Crippen LogP contribution is 2.39. The molecular formula is C11H13NO6S. The number of nitro groups is 1. The van der Waals surface area contributed by atoms with E-state index < -0.39 is 25.9 Å². The molecular weight excluding hydrogens is 274 g/mol. The normalized spacial score (nSPS) is 23.9. The fourth-order valence-corrected chi connectivity index (χ4v) is 2.90. The van der Waals surface area contributed by atoms with Gasteiger partial charge in [-0.25, -0.2) is 0 Å². The van der Waals surface area contributed by atoms with Crippen LogP contribution in [-0.4, -0.2) is 30.1 Å². The first kappa shape index (κ1) is 13.9. The maximum atomic E-state index is 11.4. The Morgan fingerprint density at radius 3 is 2.37 bits per heavy atom. The second-order valence-electron chi connectivity index (χ2n) is 4.79. The topological polar surface area (TPSA) is 110 Å². The Morgan fingerprint density at radius 2 is 2.00 bits per heavy atom. The van der Waals surface area contributed by atoms with Crippen LogP contribution in [-0.2, 0) is 14.9 Å². The van der Waals surface area contributed by atoms with Crippen LogP contribution in [0.4, 0.5) is 5.69 Å². The van der Waals surface area contributed by atoms with Crippen LogP contribution in [0.15, 0.2) is 24.3 Å². The van der Waals surface area contributed by atoms with E-state index in [2.05, 4.69) is 0 Å². The molecule has 2 unspecified atom stereocenters. The predicted molar refractivity (Wildman–Crippen MR) is 66.4 cm³/mol. The minimum absolute atomic E-state index is 0.115. The number of nitrogens with zero attached hydrogens (tertiary/aromatic N) is 1. The van der Waals surface area contributed by atoms with Crippen LogP contribution < -0.4 is 0 Å². The first-order valence-corrected chi connectivity index (χ1v) is 7.06. The Balaban J connectivity index is 2.30. The third-order valence-electron chi connectivity index (χ3n) is 3.09. The minimum Gasteiger partial charge on any atom is -0.370 e. The molecule has 2 rings (SSSR count). The van der Waals surface area contributed by atoms with Crippen molar-refractivity contribution in [2.24, 2.45) is 0 Å². The Morgan fingerprint density at radius 1 is 1.47 bits per heavy atom. The van der Waals surface area contributed by atoms with Crippen LogP contribution in [0.2, 0.25) is 0 Å². The summed E-state index contributed by atoms with van der Waals surface area (Å²) in [6, 6.07) is 5.10. The molecule has 1 heterocycles. The van der Waals surface area contributed by atoms with Crippen LogP contribution in [0.5, 0.6) is 0 Å². The van der Waals surface area contributed by atoms with Gasteiger partial charge in [0.2, 0.25) is 0 Å². The standard InChI is InChI=1S/C11H13NO6S/c1-11(7-18-11)6-10(19(15,16)17)8-2-4-9(5-3-8)12(13)14/h2-5,10H,6-7H2,1H3,(H,15,16,17). The van der Waals surface area contributed by atoms with Crippen LogP contribution in [0.3, 0.4) is 0 Å². The van der Waals surface area contributed by atoms with Crippen LogP contribution in [0.1, 0.15) is 24.2 Å². The molecule has 7 nitrogen and oxygen atoms in total. The highest BCUT2D eigenvalue weighted by atomic mass is 32.2. The van der Waals surface area contributed by atoms with E-state index in [1.165, 1.54) is 24.3 Å². The van der Waals surface area contributed by atoms with Gasteiger partial charge in [0, 0.05) is 18.6 Å². The van der Waals surface area contributed by atoms with E-state index in [4.69, 9.17) is 4.74 Å². The lowest BCUT2D eigenvalue weighted by Gasteiger charge is -2.16. The van der Waals surface area contributed by atoms with Crippen molar-refractivity contribution < 1.29 is 22.6 Å². The van der Waals surface area contributed by atoms with E-state index >= 15 is 0 Å². The minimum atomic E-state index is -4.29. The van der Waals surface area contributed by atoms with Crippen molar-refractivity contribution in [3.8, 4) is 0 Å². The zero-order valence-corrected chi connectivity index (χ0v) is 11.0. The molecule has 19 heavy (non-hydrogen) atoms. The molecule has 1 N–H and O–H groups in total. The van der Waals surface area contributed by atoms with E-state index in [0.29, 0.717) is 12.2 Å². The Labute approximate surface area is 110 Å². The maximum absolute atomic E-state index is 11.4. The fraction of sp³-hybridized carbons (Fsp3) is 0.455. The second kappa shape index (κ2) is 4.55. The zero-order chi connectivity index (χ0) is 14.3. The van der Waals surface area contributed by atoms with Gasteiger partial charge in [-0.05, 0) is 12.5 Å². The van der Waals surface area contributed by atoms with E-state index in [-0.39, 0.29) is 12.1 Å². The summed E-state index contributed by atoms with van der Waals surface area (Å²) in [6.07, 6.45) is 0.115. The van der Waals surface area contributed by atoms with Crippen molar-refractivity contribution in [2.45, 2.75) is 24.2 Å². The van der Waals surface area contributed by atoms with Crippen molar-refractivity contribution >= 4 is 15.8 Å². The monoisotopic (exact) mass is 287 g/mol. The molecule has 1 aromatic carbocycles. The zero-order valence-electron chi connectivity index (χ0n) is 10.1. The molecule has 0 bridgehead atoms. The van der Waals surface area contributed by atoms with E-state index in [1.54, 1.807) is 6.92 Å². The molecule has 1 aliphatic heterocycles. The second-order valence-corrected chi connectivity index (χ2v) is 6.39. The molecule has 0 aromatic heterocycles. The van der Waals surface area contributed by atoms with Crippen molar-refractivity contribution in [3.05, 3.63) is 39.9 Å². The van der Waals surface area contributed by atoms with Crippen molar-refractivity contribution in [1.82, 2.24) is 0 Å². The van der Waals surface area contributed by atoms with Gasteiger partial charge in [0.15, 0.2) is 0 Å². The van der Waals surface area contributed by atoms with Gasteiger partial charge in [0.1, 0.15) is 5.25 Å². The summed E-state index contributed by atoms with van der Waals surface area (Å²) >= 11 is 0. The van der Waals surface area contributed by atoms with Crippen LogP contribution in [0.25, 0.3) is 0 Å². The lowest BCUT2D eigenvalue weighted by Crippen LogP contribution is -2.19. The Kier molecular flexibility index (Phi) is 3.33. The molecule has 0 spiro atoms. The molecule has 0 saturated carbocycles. The lowest BCUT2D eigenvalue weighted by molar-refractivity contribution is -0.384. The highest BCUT2D eigenvalue weighted by Gasteiger charge is 2.44. The molecule has 2 atom stereocenters. The third kappa shape index (κ3) is 3.28. The number of hydrogen-bond donors (Lipinski definition) is 1. The fourth-order valence-electron chi connectivity index (χ4n) is 1.84. The summed E-state index contributed by atoms with van der Waals surface area (Å²) in [5, 5.41) is 9.40. The molecule has 104 valence electrons. The lowest BCUT2D eigenvalue weighted by atomic mass is 10.0. The summed E-state index contributed by atoms with van der Waals surface area (Å²) in [5.41, 5.74) is -0.376.